The number of carbonyl (C=O) groups excluding carboxylic acids is 1. The number of aromatic carboxylic acids is 1. The molecule has 0 radical (unpaired) electrons. The summed E-state index contributed by atoms with van der Waals surface area (Å²) in [4.78, 5) is 24.3. The number of amides is 1. The van der Waals surface area contributed by atoms with E-state index in [2.05, 4.69) is 9.69 Å². The Morgan fingerprint density at radius 3 is 2.79 bits per heavy atom. The van der Waals surface area contributed by atoms with E-state index >= 15 is 0 Å². The molecule has 1 amide bonds. The minimum absolute atomic E-state index is 0.0812. The number of hydrogen-bond acceptors (Lipinski definition) is 6. The highest BCUT2D eigenvalue weighted by Crippen LogP contribution is 2.27. The lowest BCUT2D eigenvalue weighted by Gasteiger charge is -2.16. The van der Waals surface area contributed by atoms with Crippen LogP contribution in [0.15, 0.2) is 0 Å². The van der Waals surface area contributed by atoms with Crippen molar-refractivity contribution < 1.29 is 19.4 Å². The Labute approximate surface area is 115 Å². The Bertz CT molecular complexity index is 461. The standard InChI is InChI=1S/C11H17N3O4S/c1-7-9(11(16)17)10(19-13-7)14(2)8(15)6-12-4-5-18-3/h12H,4-6H2,1-3H3,(H,16,17). The molecule has 0 bridgehead atoms. The first-order valence-corrected chi connectivity index (χ1v) is 6.42. The van der Waals surface area contributed by atoms with Gasteiger partial charge in [-0.15, -0.1) is 0 Å². The summed E-state index contributed by atoms with van der Waals surface area (Å²) in [6.07, 6.45) is 0. The highest BCUT2D eigenvalue weighted by Gasteiger charge is 2.23. The predicted molar refractivity (Wildman–Crippen MR) is 72.0 cm³/mol. The van der Waals surface area contributed by atoms with Gasteiger partial charge >= 0.3 is 5.97 Å². The van der Waals surface area contributed by atoms with Gasteiger partial charge in [0.15, 0.2) is 0 Å². The van der Waals surface area contributed by atoms with Crippen LogP contribution in [0.1, 0.15) is 16.1 Å². The molecule has 1 rings (SSSR count). The number of aryl methyl sites for hydroxylation is 1. The molecular weight excluding hydrogens is 270 g/mol. The van der Waals surface area contributed by atoms with Gasteiger partial charge in [-0.3, -0.25) is 4.79 Å². The number of hydrogen-bond donors (Lipinski definition) is 2. The SMILES string of the molecule is COCCNCC(=O)N(C)c1snc(C)c1C(=O)O. The monoisotopic (exact) mass is 287 g/mol. The Hall–Kier alpha value is -1.51. The number of nitrogens with zero attached hydrogens (tertiary/aromatic N) is 2. The topological polar surface area (TPSA) is 91.8 Å². The quantitative estimate of drug-likeness (QED) is 0.703. The molecule has 0 fully saturated rings. The summed E-state index contributed by atoms with van der Waals surface area (Å²) >= 11 is 1.01. The van der Waals surface area contributed by atoms with Crippen molar-refractivity contribution in [3.8, 4) is 0 Å². The summed E-state index contributed by atoms with van der Waals surface area (Å²) in [5.74, 6) is -1.30. The van der Waals surface area contributed by atoms with E-state index in [4.69, 9.17) is 9.84 Å². The van der Waals surface area contributed by atoms with Gasteiger partial charge in [-0.25, -0.2) is 4.79 Å². The highest BCUT2D eigenvalue weighted by molar-refractivity contribution is 7.11. The normalized spacial score (nSPS) is 10.5. The lowest BCUT2D eigenvalue weighted by Crippen LogP contribution is -2.36. The van der Waals surface area contributed by atoms with Crippen molar-refractivity contribution in [1.82, 2.24) is 9.69 Å². The minimum Gasteiger partial charge on any atom is -0.478 e. The molecule has 1 aromatic rings. The van der Waals surface area contributed by atoms with E-state index in [0.29, 0.717) is 23.8 Å². The van der Waals surface area contributed by atoms with Crippen molar-refractivity contribution in [3.63, 3.8) is 0 Å². The summed E-state index contributed by atoms with van der Waals surface area (Å²) in [5, 5.41) is 12.4. The second-order valence-electron chi connectivity index (χ2n) is 3.88. The van der Waals surface area contributed by atoms with Crippen molar-refractivity contribution in [2.75, 3.05) is 38.8 Å². The zero-order chi connectivity index (χ0) is 14.4. The number of carboxylic acids is 1. The highest BCUT2D eigenvalue weighted by atomic mass is 32.1. The Morgan fingerprint density at radius 1 is 1.53 bits per heavy atom. The summed E-state index contributed by atoms with van der Waals surface area (Å²) in [5.41, 5.74) is 0.497. The molecule has 0 spiro atoms. The molecule has 0 saturated carbocycles. The summed E-state index contributed by atoms with van der Waals surface area (Å²) in [6, 6.07) is 0. The molecule has 0 aromatic carbocycles. The van der Waals surface area contributed by atoms with Gasteiger partial charge in [-0.2, -0.15) is 4.37 Å². The third kappa shape index (κ3) is 3.98. The van der Waals surface area contributed by atoms with Crippen LogP contribution in [0.25, 0.3) is 0 Å². The Balaban J connectivity index is 2.69. The number of carboxylic acid groups (broad SMARTS) is 1. The summed E-state index contributed by atoms with van der Waals surface area (Å²) < 4.78 is 8.83. The molecule has 106 valence electrons. The largest absolute Gasteiger partial charge is 0.478 e. The lowest BCUT2D eigenvalue weighted by atomic mass is 10.2. The fourth-order valence-corrected chi connectivity index (χ4v) is 2.30. The Kier molecular flexibility index (Phi) is 5.87. The maximum absolute atomic E-state index is 11.9. The van der Waals surface area contributed by atoms with E-state index in [1.54, 1.807) is 21.1 Å². The molecule has 1 heterocycles. The molecule has 8 heteroatoms. The maximum Gasteiger partial charge on any atom is 0.340 e. The number of likely N-dealkylation sites (N-methyl/N-ethyl adjacent to an activating group) is 1. The number of ether oxygens (including phenoxy) is 1. The van der Waals surface area contributed by atoms with Crippen LogP contribution in [0.5, 0.6) is 0 Å². The van der Waals surface area contributed by atoms with Crippen molar-refractivity contribution >= 4 is 28.4 Å². The molecule has 0 unspecified atom stereocenters. The molecule has 0 aliphatic carbocycles. The van der Waals surface area contributed by atoms with E-state index in [0.717, 1.165) is 11.5 Å². The number of carbonyl (C=O) groups is 2. The van der Waals surface area contributed by atoms with Crippen LogP contribution in [-0.4, -0.2) is 55.2 Å². The molecule has 0 aliphatic heterocycles. The van der Waals surface area contributed by atoms with Crippen LogP contribution in [-0.2, 0) is 9.53 Å². The van der Waals surface area contributed by atoms with Crippen molar-refractivity contribution in [1.29, 1.82) is 0 Å². The Morgan fingerprint density at radius 2 is 2.21 bits per heavy atom. The summed E-state index contributed by atoms with van der Waals surface area (Å²) in [6.45, 7) is 2.80. The number of anilines is 1. The fraction of sp³-hybridized carbons (Fsp3) is 0.545. The second-order valence-corrected chi connectivity index (χ2v) is 4.63. The first-order valence-electron chi connectivity index (χ1n) is 5.64. The lowest BCUT2D eigenvalue weighted by molar-refractivity contribution is -0.117. The van der Waals surface area contributed by atoms with Gasteiger partial charge in [0.1, 0.15) is 10.6 Å². The van der Waals surface area contributed by atoms with Gasteiger partial charge in [-0.05, 0) is 18.5 Å². The minimum atomic E-state index is -1.08. The van der Waals surface area contributed by atoms with E-state index < -0.39 is 5.97 Å². The third-order valence-electron chi connectivity index (χ3n) is 2.50. The number of rotatable bonds is 7. The predicted octanol–water partition coefficient (Wildman–Crippen LogP) is 0.349. The first-order chi connectivity index (χ1) is 8.99. The molecule has 0 saturated heterocycles. The maximum atomic E-state index is 11.9. The molecule has 1 aromatic heterocycles. The van der Waals surface area contributed by atoms with Gasteiger partial charge in [0.05, 0.1) is 18.8 Å². The van der Waals surface area contributed by atoms with E-state index in [9.17, 15) is 9.59 Å². The third-order valence-corrected chi connectivity index (χ3v) is 3.51. The number of aromatic nitrogens is 1. The van der Waals surface area contributed by atoms with E-state index in [-0.39, 0.29) is 18.0 Å². The van der Waals surface area contributed by atoms with Crippen molar-refractivity contribution in [2.45, 2.75) is 6.92 Å². The smallest absolute Gasteiger partial charge is 0.340 e. The van der Waals surface area contributed by atoms with Crippen LogP contribution < -0.4 is 10.2 Å². The van der Waals surface area contributed by atoms with Gasteiger partial charge in [0.25, 0.3) is 0 Å². The van der Waals surface area contributed by atoms with Crippen LogP contribution >= 0.6 is 11.5 Å². The van der Waals surface area contributed by atoms with Crippen LogP contribution in [0.4, 0.5) is 5.00 Å². The van der Waals surface area contributed by atoms with Gasteiger partial charge in [0, 0.05) is 20.7 Å². The molecular formula is C11H17N3O4S. The van der Waals surface area contributed by atoms with Crippen LogP contribution in [0.2, 0.25) is 0 Å². The van der Waals surface area contributed by atoms with Crippen LogP contribution in [0, 0.1) is 6.92 Å². The van der Waals surface area contributed by atoms with Gasteiger partial charge < -0.3 is 20.1 Å². The van der Waals surface area contributed by atoms with Crippen LogP contribution in [0.3, 0.4) is 0 Å². The van der Waals surface area contributed by atoms with Crippen molar-refractivity contribution in [3.05, 3.63) is 11.3 Å². The molecule has 19 heavy (non-hydrogen) atoms. The molecule has 7 nitrogen and oxygen atoms in total. The zero-order valence-electron chi connectivity index (χ0n) is 11.1. The molecule has 0 atom stereocenters. The average molecular weight is 287 g/mol. The van der Waals surface area contributed by atoms with Gasteiger partial charge in [-0.1, -0.05) is 0 Å². The van der Waals surface area contributed by atoms with E-state index in [1.165, 1.54) is 4.90 Å². The second kappa shape index (κ2) is 7.17. The summed E-state index contributed by atoms with van der Waals surface area (Å²) in [7, 11) is 3.12. The fourth-order valence-electron chi connectivity index (χ4n) is 1.43. The zero-order valence-corrected chi connectivity index (χ0v) is 11.9. The average Bonchev–Trinajstić information content (AvgIpc) is 2.75. The first kappa shape index (κ1) is 15.5. The van der Waals surface area contributed by atoms with Gasteiger partial charge in [0.2, 0.25) is 5.91 Å². The molecule has 0 aliphatic rings. The van der Waals surface area contributed by atoms with Crippen molar-refractivity contribution in [2.24, 2.45) is 0 Å². The van der Waals surface area contributed by atoms with E-state index in [1.807, 2.05) is 0 Å². The molecule has 2 N–H and O–H groups in total. The number of nitrogens with one attached hydrogen (secondary N) is 1. The number of methoxy groups -OCH3 is 1.